The van der Waals surface area contributed by atoms with Gasteiger partial charge in [0.1, 0.15) is 0 Å². The number of hydrogen-bond donors (Lipinski definition) is 3. The van der Waals surface area contributed by atoms with E-state index in [1.54, 1.807) is 0 Å². The summed E-state index contributed by atoms with van der Waals surface area (Å²) in [6.45, 7) is 8.42. The Bertz CT molecular complexity index is 276. The largest absolute Gasteiger partial charge is 0.396 e. The molecular formula is C14H28N2O3. The van der Waals surface area contributed by atoms with Gasteiger partial charge in [0.25, 0.3) is 0 Å². The number of carbonyl (C=O) groups excluding carboxylic acids is 1. The third kappa shape index (κ3) is 6.25. The molecule has 0 aromatic rings. The normalized spacial score (nSPS) is 18.9. The number of carbonyl (C=O) groups is 1. The Hall–Kier alpha value is -0.810. The number of nitrogens with one attached hydrogen (secondary N) is 2. The molecule has 1 aliphatic heterocycles. The van der Waals surface area contributed by atoms with Crippen molar-refractivity contribution in [2.75, 3.05) is 26.4 Å². The van der Waals surface area contributed by atoms with Crippen LogP contribution in [-0.4, -0.2) is 43.5 Å². The third-order valence-corrected chi connectivity index (χ3v) is 3.85. The molecule has 1 saturated heterocycles. The lowest BCUT2D eigenvalue weighted by Crippen LogP contribution is -2.47. The summed E-state index contributed by atoms with van der Waals surface area (Å²) in [4.78, 5) is 11.8. The maximum atomic E-state index is 11.8. The van der Waals surface area contributed by atoms with Crippen LogP contribution in [0.3, 0.4) is 0 Å². The van der Waals surface area contributed by atoms with Crippen LogP contribution < -0.4 is 10.6 Å². The molecular weight excluding hydrogens is 244 g/mol. The van der Waals surface area contributed by atoms with Crippen LogP contribution >= 0.6 is 0 Å². The highest BCUT2D eigenvalue weighted by molar-refractivity contribution is 5.74. The maximum absolute atomic E-state index is 11.8. The van der Waals surface area contributed by atoms with E-state index in [1.165, 1.54) is 0 Å². The molecule has 5 nitrogen and oxygen atoms in total. The summed E-state index contributed by atoms with van der Waals surface area (Å²) in [6.07, 6.45) is 2.71. The van der Waals surface area contributed by atoms with Crippen LogP contribution in [0.15, 0.2) is 0 Å². The van der Waals surface area contributed by atoms with Crippen LogP contribution in [0, 0.1) is 11.3 Å². The summed E-state index contributed by atoms with van der Waals surface area (Å²) in [6, 6.07) is 0.0508. The molecule has 0 saturated carbocycles. The van der Waals surface area contributed by atoms with Gasteiger partial charge >= 0.3 is 6.03 Å². The Kier molecular flexibility index (Phi) is 6.58. The number of aliphatic hydroxyl groups excluding tert-OH is 1. The average molecular weight is 272 g/mol. The molecule has 0 aromatic heterocycles. The van der Waals surface area contributed by atoms with E-state index in [9.17, 15) is 4.79 Å². The average Bonchev–Trinajstić information content (AvgIpc) is 2.37. The van der Waals surface area contributed by atoms with Gasteiger partial charge < -0.3 is 20.5 Å². The van der Waals surface area contributed by atoms with E-state index in [4.69, 9.17) is 9.84 Å². The summed E-state index contributed by atoms with van der Waals surface area (Å²) >= 11 is 0. The van der Waals surface area contributed by atoms with Crippen molar-refractivity contribution in [3.05, 3.63) is 0 Å². The van der Waals surface area contributed by atoms with E-state index in [-0.39, 0.29) is 24.1 Å². The van der Waals surface area contributed by atoms with E-state index in [0.717, 1.165) is 26.1 Å². The molecule has 0 spiro atoms. The molecule has 0 radical (unpaired) electrons. The van der Waals surface area contributed by atoms with E-state index in [0.29, 0.717) is 18.9 Å². The number of amides is 2. The molecule has 112 valence electrons. The second-order valence-electron chi connectivity index (χ2n) is 6.20. The molecule has 1 rings (SSSR count). The van der Waals surface area contributed by atoms with Crippen molar-refractivity contribution in [1.29, 1.82) is 0 Å². The fraction of sp³-hybridized carbons (Fsp3) is 0.929. The molecule has 1 heterocycles. The van der Waals surface area contributed by atoms with Gasteiger partial charge in [-0.1, -0.05) is 13.8 Å². The van der Waals surface area contributed by atoms with Gasteiger partial charge in [0.05, 0.1) is 0 Å². The van der Waals surface area contributed by atoms with Crippen molar-refractivity contribution in [3.8, 4) is 0 Å². The van der Waals surface area contributed by atoms with Crippen molar-refractivity contribution >= 4 is 6.03 Å². The summed E-state index contributed by atoms with van der Waals surface area (Å²) in [5.41, 5.74) is -0.0754. The van der Waals surface area contributed by atoms with Gasteiger partial charge in [-0.05, 0) is 37.5 Å². The highest BCUT2D eigenvalue weighted by Crippen LogP contribution is 2.19. The quantitative estimate of drug-likeness (QED) is 0.686. The van der Waals surface area contributed by atoms with Crippen LogP contribution in [0.5, 0.6) is 0 Å². The van der Waals surface area contributed by atoms with Gasteiger partial charge in [-0.3, -0.25) is 0 Å². The monoisotopic (exact) mass is 272 g/mol. The van der Waals surface area contributed by atoms with Gasteiger partial charge in [0.15, 0.2) is 0 Å². The summed E-state index contributed by atoms with van der Waals surface area (Å²) in [5.74, 6) is 0.505. The first kappa shape index (κ1) is 16.2. The number of rotatable bonds is 6. The van der Waals surface area contributed by atoms with E-state index in [2.05, 4.69) is 17.6 Å². The molecule has 19 heavy (non-hydrogen) atoms. The minimum Gasteiger partial charge on any atom is -0.396 e. The molecule has 1 atom stereocenters. The molecule has 3 N–H and O–H groups in total. The van der Waals surface area contributed by atoms with E-state index >= 15 is 0 Å². The van der Waals surface area contributed by atoms with Crippen molar-refractivity contribution in [1.82, 2.24) is 10.6 Å². The number of hydrogen-bond acceptors (Lipinski definition) is 3. The lowest BCUT2D eigenvalue weighted by molar-refractivity contribution is 0.0570. The minimum atomic E-state index is -0.120. The number of urea groups is 1. The zero-order valence-electron chi connectivity index (χ0n) is 12.4. The zero-order valence-corrected chi connectivity index (χ0v) is 12.4. The second-order valence-corrected chi connectivity index (χ2v) is 6.20. The Morgan fingerprint density at radius 3 is 2.63 bits per heavy atom. The molecule has 0 bridgehead atoms. The fourth-order valence-electron chi connectivity index (χ4n) is 2.30. The topological polar surface area (TPSA) is 70.6 Å². The van der Waals surface area contributed by atoms with Crippen molar-refractivity contribution in [2.24, 2.45) is 11.3 Å². The van der Waals surface area contributed by atoms with Crippen molar-refractivity contribution in [3.63, 3.8) is 0 Å². The predicted molar refractivity (Wildman–Crippen MR) is 75.0 cm³/mol. The minimum absolute atomic E-state index is 0.0754. The summed E-state index contributed by atoms with van der Waals surface area (Å²) < 4.78 is 5.32. The van der Waals surface area contributed by atoms with Gasteiger partial charge in [-0.2, -0.15) is 0 Å². The summed E-state index contributed by atoms with van der Waals surface area (Å²) in [7, 11) is 0. The van der Waals surface area contributed by atoms with Crippen LogP contribution in [0.4, 0.5) is 4.79 Å². The lowest BCUT2D eigenvalue weighted by atomic mass is 9.90. The van der Waals surface area contributed by atoms with Gasteiger partial charge in [-0.15, -0.1) is 0 Å². The zero-order chi connectivity index (χ0) is 14.3. The van der Waals surface area contributed by atoms with Crippen molar-refractivity contribution in [2.45, 2.75) is 46.1 Å². The third-order valence-electron chi connectivity index (χ3n) is 3.85. The SMILES string of the molecule is CC(NC(=O)NCC(C)(C)CCO)C1CCOCC1. The van der Waals surface area contributed by atoms with Crippen LogP contribution in [0.2, 0.25) is 0 Å². The van der Waals surface area contributed by atoms with Gasteiger partial charge in [-0.25, -0.2) is 4.79 Å². The van der Waals surface area contributed by atoms with Gasteiger partial charge in [0, 0.05) is 32.4 Å². The summed E-state index contributed by atoms with van der Waals surface area (Å²) in [5, 5.41) is 14.8. The van der Waals surface area contributed by atoms with E-state index in [1.807, 2.05) is 13.8 Å². The Morgan fingerprint density at radius 2 is 2.05 bits per heavy atom. The number of aliphatic hydroxyl groups is 1. The standard InChI is InChI=1S/C14H28N2O3/c1-11(12-4-8-19-9-5-12)16-13(18)15-10-14(2,3)6-7-17/h11-12,17H,4-10H2,1-3H3,(H2,15,16,18). The molecule has 5 heteroatoms. The first-order chi connectivity index (χ1) is 8.94. The second kappa shape index (κ2) is 7.70. The lowest BCUT2D eigenvalue weighted by Gasteiger charge is -2.29. The molecule has 2 amide bonds. The highest BCUT2D eigenvalue weighted by Gasteiger charge is 2.23. The van der Waals surface area contributed by atoms with Crippen LogP contribution in [0.25, 0.3) is 0 Å². The fourth-order valence-corrected chi connectivity index (χ4v) is 2.30. The van der Waals surface area contributed by atoms with E-state index < -0.39 is 0 Å². The molecule has 1 aliphatic rings. The smallest absolute Gasteiger partial charge is 0.315 e. The molecule has 0 aromatic carbocycles. The molecule has 1 unspecified atom stereocenters. The molecule has 0 aliphatic carbocycles. The Morgan fingerprint density at radius 1 is 1.42 bits per heavy atom. The Labute approximate surface area is 116 Å². The number of ether oxygens (including phenoxy) is 1. The van der Waals surface area contributed by atoms with Crippen LogP contribution in [0.1, 0.15) is 40.0 Å². The highest BCUT2D eigenvalue weighted by atomic mass is 16.5. The predicted octanol–water partition coefficient (Wildman–Crippen LogP) is 1.51. The van der Waals surface area contributed by atoms with Crippen molar-refractivity contribution < 1.29 is 14.6 Å². The molecule has 1 fully saturated rings. The Balaban J connectivity index is 2.26. The first-order valence-electron chi connectivity index (χ1n) is 7.17. The van der Waals surface area contributed by atoms with Gasteiger partial charge in [0.2, 0.25) is 0 Å². The maximum Gasteiger partial charge on any atom is 0.315 e. The van der Waals surface area contributed by atoms with Crippen LogP contribution in [-0.2, 0) is 4.74 Å². The first-order valence-corrected chi connectivity index (χ1v) is 7.17.